The Hall–Kier alpha value is -2.99. The summed E-state index contributed by atoms with van der Waals surface area (Å²) in [6.45, 7) is 0. The minimum atomic E-state index is -0.242. The van der Waals surface area contributed by atoms with Gasteiger partial charge in [-0.1, -0.05) is 53.2 Å². The lowest BCUT2D eigenvalue weighted by Gasteiger charge is -2.17. The molecular weight excluding hydrogens is 479 g/mol. The van der Waals surface area contributed by atoms with Crippen LogP contribution in [0.15, 0.2) is 47.8 Å². The van der Waals surface area contributed by atoms with E-state index in [1.165, 1.54) is 11.8 Å². The number of hydrogen-bond acceptors (Lipinski definition) is 5. The average Bonchev–Trinajstić information content (AvgIpc) is 3.36. The molecule has 4 aromatic rings. The first-order chi connectivity index (χ1) is 16.1. The van der Waals surface area contributed by atoms with Gasteiger partial charge in [-0.15, -0.1) is 10.2 Å². The lowest BCUT2D eigenvalue weighted by molar-refractivity contribution is -0.113. The van der Waals surface area contributed by atoms with E-state index < -0.39 is 0 Å². The Labute approximate surface area is 204 Å². The first-order valence-corrected chi connectivity index (χ1v) is 12.2. The maximum absolute atomic E-state index is 13.0. The number of carbonyl (C=O) groups excluding carboxylic acids is 1. The number of fused-ring (bicyclic) bond motifs is 2. The number of nitriles is 1. The maximum Gasteiger partial charge on any atom is 0.236 e. The summed E-state index contributed by atoms with van der Waals surface area (Å²) in [7, 11) is 0. The van der Waals surface area contributed by atoms with Gasteiger partial charge in [-0.2, -0.15) is 5.26 Å². The van der Waals surface area contributed by atoms with Crippen LogP contribution in [0.5, 0.6) is 0 Å². The number of amides is 1. The minimum Gasteiger partial charge on any atom is -0.310 e. The van der Waals surface area contributed by atoms with Gasteiger partial charge in [0.25, 0.3) is 0 Å². The Morgan fingerprint density at radius 3 is 2.76 bits per heavy atom. The molecule has 0 fully saturated rings. The molecule has 0 saturated heterocycles. The molecular formula is C23H18Cl2N6OS. The van der Waals surface area contributed by atoms with Crippen molar-refractivity contribution in [3.05, 3.63) is 69.5 Å². The second-order valence-corrected chi connectivity index (χ2v) is 9.44. The third-order valence-corrected chi connectivity index (χ3v) is 7.01. The van der Waals surface area contributed by atoms with Gasteiger partial charge >= 0.3 is 0 Å². The highest BCUT2D eigenvalue weighted by Gasteiger charge is 2.26. The van der Waals surface area contributed by atoms with E-state index in [9.17, 15) is 10.1 Å². The molecule has 0 radical (unpaired) electrons. The summed E-state index contributed by atoms with van der Waals surface area (Å²) in [5.41, 5.74) is 4.07. The number of aromatic nitrogens is 4. The number of para-hydroxylation sites is 1. The fourth-order valence-corrected chi connectivity index (χ4v) is 5.41. The van der Waals surface area contributed by atoms with Crippen LogP contribution in [0.4, 0.5) is 5.82 Å². The highest BCUT2D eigenvalue weighted by atomic mass is 35.5. The number of halogens is 2. The van der Waals surface area contributed by atoms with Crippen molar-refractivity contribution in [3.8, 4) is 11.8 Å². The van der Waals surface area contributed by atoms with Crippen LogP contribution >= 0.6 is 35.0 Å². The van der Waals surface area contributed by atoms with Gasteiger partial charge in [-0.05, 0) is 49.4 Å². The third-order valence-electron chi connectivity index (χ3n) is 5.58. The average molecular weight is 497 g/mol. The Bertz CT molecular complexity index is 1410. The van der Waals surface area contributed by atoms with Crippen molar-refractivity contribution in [1.82, 2.24) is 19.2 Å². The summed E-state index contributed by atoms with van der Waals surface area (Å²) >= 11 is 13.5. The highest BCUT2D eigenvalue weighted by molar-refractivity contribution is 7.99. The standard InChI is InChI=1S/C23H18Cl2N6OS/c24-14-10-18(25)22-28-29-23(30(22)12-14)33-13-20(32)27-21-17(11-26)16-8-4-5-9-19(16)31(21)15-6-2-1-3-7-15/h1-3,6-7,10,12H,4-5,8-9,13H2,(H,27,32). The number of anilines is 1. The summed E-state index contributed by atoms with van der Waals surface area (Å²) in [6, 6.07) is 13.7. The lowest BCUT2D eigenvalue weighted by Crippen LogP contribution is -2.18. The summed E-state index contributed by atoms with van der Waals surface area (Å²) in [4.78, 5) is 13.0. The molecule has 0 unspecified atom stereocenters. The molecule has 3 aromatic heterocycles. The van der Waals surface area contributed by atoms with Crippen molar-refractivity contribution in [1.29, 1.82) is 5.26 Å². The van der Waals surface area contributed by atoms with Crippen LogP contribution in [0, 0.1) is 11.3 Å². The molecule has 1 aromatic carbocycles. The zero-order valence-electron chi connectivity index (χ0n) is 17.4. The van der Waals surface area contributed by atoms with Crippen LogP contribution < -0.4 is 5.32 Å². The van der Waals surface area contributed by atoms with Gasteiger partial charge in [0.15, 0.2) is 10.8 Å². The van der Waals surface area contributed by atoms with Gasteiger partial charge in [-0.25, -0.2) is 0 Å². The second kappa shape index (κ2) is 9.10. The molecule has 1 N–H and O–H groups in total. The SMILES string of the molecule is N#Cc1c2c(n(-c3ccccc3)c1NC(=O)CSc1nnc3c(Cl)cc(Cl)cn13)CCCC2. The minimum absolute atomic E-state index is 0.0838. The molecule has 1 amide bonds. The van der Waals surface area contributed by atoms with E-state index in [1.54, 1.807) is 16.7 Å². The molecule has 1 aliphatic rings. The predicted molar refractivity (Wildman–Crippen MR) is 129 cm³/mol. The monoisotopic (exact) mass is 496 g/mol. The van der Waals surface area contributed by atoms with Gasteiger partial charge in [0, 0.05) is 17.6 Å². The van der Waals surface area contributed by atoms with Crippen LogP contribution in [0.25, 0.3) is 11.3 Å². The van der Waals surface area contributed by atoms with Crippen LogP contribution in [0.1, 0.15) is 29.7 Å². The molecule has 166 valence electrons. The van der Waals surface area contributed by atoms with E-state index in [-0.39, 0.29) is 11.7 Å². The Kier molecular flexibility index (Phi) is 6.02. The summed E-state index contributed by atoms with van der Waals surface area (Å²) in [5, 5.41) is 22.4. The van der Waals surface area contributed by atoms with E-state index in [1.807, 2.05) is 34.9 Å². The zero-order valence-corrected chi connectivity index (χ0v) is 19.7. The van der Waals surface area contributed by atoms with Gasteiger partial charge in [-0.3, -0.25) is 13.8 Å². The maximum atomic E-state index is 13.0. The van der Waals surface area contributed by atoms with E-state index in [2.05, 4.69) is 21.6 Å². The number of pyridine rings is 1. The molecule has 5 rings (SSSR count). The molecule has 0 aliphatic heterocycles. The van der Waals surface area contributed by atoms with Crippen molar-refractivity contribution in [2.75, 3.05) is 11.1 Å². The first kappa shape index (κ1) is 21.8. The number of nitrogens with zero attached hydrogens (tertiary/aromatic N) is 5. The van der Waals surface area contributed by atoms with Crippen molar-refractivity contribution >= 4 is 52.3 Å². The number of hydrogen-bond donors (Lipinski definition) is 1. The molecule has 0 atom stereocenters. The molecule has 10 heteroatoms. The van der Waals surface area contributed by atoms with E-state index in [0.29, 0.717) is 32.2 Å². The second-order valence-electron chi connectivity index (χ2n) is 7.66. The largest absolute Gasteiger partial charge is 0.310 e. The Balaban J connectivity index is 1.44. The summed E-state index contributed by atoms with van der Waals surface area (Å²) in [5.74, 6) is 0.368. The number of rotatable bonds is 5. The quantitative estimate of drug-likeness (QED) is 0.378. The lowest BCUT2D eigenvalue weighted by atomic mass is 9.95. The smallest absolute Gasteiger partial charge is 0.236 e. The Morgan fingerprint density at radius 2 is 1.97 bits per heavy atom. The van der Waals surface area contributed by atoms with E-state index in [4.69, 9.17) is 23.2 Å². The van der Waals surface area contributed by atoms with Gasteiger partial charge < -0.3 is 5.32 Å². The van der Waals surface area contributed by atoms with Crippen LogP contribution in [-0.4, -0.2) is 30.8 Å². The molecule has 33 heavy (non-hydrogen) atoms. The van der Waals surface area contributed by atoms with Gasteiger partial charge in [0.2, 0.25) is 5.91 Å². The van der Waals surface area contributed by atoms with E-state index in [0.717, 1.165) is 42.6 Å². The number of carbonyl (C=O) groups is 1. The van der Waals surface area contributed by atoms with Gasteiger partial charge in [0.1, 0.15) is 11.9 Å². The van der Waals surface area contributed by atoms with Crippen LogP contribution in [0.3, 0.4) is 0 Å². The molecule has 3 heterocycles. The van der Waals surface area contributed by atoms with Crippen molar-refractivity contribution in [3.63, 3.8) is 0 Å². The Morgan fingerprint density at radius 1 is 1.18 bits per heavy atom. The zero-order chi connectivity index (χ0) is 22.9. The third kappa shape index (κ3) is 4.08. The van der Waals surface area contributed by atoms with Crippen molar-refractivity contribution < 1.29 is 4.79 Å². The van der Waals surface area contributed by atoms with Crippen molar-refractivity contribution in [2.24, 2.45) is 0 Å². The fraction of sp³-hybridized carbons (Fsp3) is 0.217. The van der Waals surface area contributed by atoms with Gasteiger partial charge in [0.05, 0.1) is 21.4 Å². The topological polar surface area (TPSA) is 88.0 Å². The van der Waals surface area contributed by atoms with Crippen LogP contribution in [0.2, 0.25) is 10.0 Å². The number of thioether (sulfide) groups is 1. The first-order valence-electron chi connectivity index (χ1n) is 10.4. The normalized spacial score (nSPS) is 13.0. The molecule has 0 bridgehead atoms. The van der Waals surface area contributed by atoms with Crippen LogP contribution in [-0.2, 0) is 17.6 Å². The number of benzene rings is 1. The molecule has 1 aliphatic carbocycles. The highest BCUT2D eigenvalue weighted by Crippen LogP contribution is 2.36. The summed E-state index contributed by atoms with van der Waals surface area (Å²) in [6.07, 6.45) is 5.46. The number of nitrogens with one attached hydrogen (secondary N) is 1. The molecule has 0 spiro atoms. The molecule has 0 saturated carbocycles. The summed E-state index contributed by atoms with van der Waals surface area (Å²) < 4.78 is 3.68. The predicted octanol–water partition coefficient (Wildman–Crippen LogP) is 5.31. The van der Waals surface area contributed by atoms with Crippen molar-refractivity contribution in [2.45, 2.75) is 30.8 Å². The molecule has 7 nitrogen and oxygen atoms in total. The fourth-order valence-electron chi connectivity index (χ4n) is 4.20. The van der Waals surface area contributed by atoms with E-state index >= 15 is 0 Å².